The van der Waals surface area contributed by atoms with Gasteiger partial charge in [-0.2, -0.15) is 0 Å². The Morgan fingerprint density at radius 2 is 1.89 bits per heavy atom. The number of rotatable bonds is 3. The minimum Gasteiger partial charge on any atom is -0.342 e. The summed E-state index contributed by atoms with van der Waals surface area (Å²) < 4.78 is 2.20. The molecule has 1 saturated heterocycles. The van der Waals surface area contributed by atoms with Crippen LogP contribution in [0.1, 0.15) is 11.1 Å². The molecule has 0 bridgehead atoms. The molecule has 136 valence electrons. The molecule has 3 aromatic rings. The molecule has 0 atom stereocenters. The molecule has 0 spiro atoms. The first-order chi connectivity index (χ1) is 13.1. The molecule has 4 nitrogen and oxygen atoms in total. The van der Waals surface area contributed by atoms with Gasteiger partial charge in [-0.05, 0) is 41.6 Å². The second-order valence-corrected chi connectivity index (χ2v) is 7.78. The highest BCUT2D eigenvalue weighted by Gasteiger charge is 2.30. The van der Waals surface area contributed by atoms with E-state index < -0.39 is 0 Å². The fourth-order valence-corrected chi connectivity index (χ4v) is 4.24. The summed E-state index contributed by atoms with van der Waals surface area (Å²) in [4.78, 5) is 18.9. The fourth-order valence-electron chi connectivity index (χ4n) is 3.20. The molecule has 1 aliphatic heterocycles. The highest BCUT2D eigenvalue weighted by molar-refractivity contribution is 8.18. The molecular formula is C21H18ClN3OS. The van der Waals surface area contributed by atoms with Gasteiger partial charge in [0.25, 0.3) is 5.91 Å². The molecule has 1 aromatic heterocycles. The van der Waals surface area contributed by atoms with E-state index in [9.17, 15) is 4.79 Å². The van der Waals surface area contributed by atoms with Gasteiger partial charge in [0.1, 0.15) is 0 Å². The zero-order valence-electron chi connectivity index (χ0n) is 15.0. The highest BCUT2D eigenvalue weighted by Crippen LogP contribution is 2.33. The number of aromatic nitrogens is 1. The van der Waals surface area contributed by atoms with Crippen LogP contribution in [-0.2, 0) is 11.3 Å². The van der Waals surface area contributed by atoms with Crippen LogP contribution in [-0.4, -0.2) is 34.6 Å². The van der Waals surface area contributed by atoms with Crippen molar-refractivity contribution in [3.8, 4) is 0 Å². The highest BCUT2D eigenvalue weighted by atomic mass is 35.5. The number of para-hydroxylation sites is 1. The Morgan fingerprint density at radius 1 is 1.15 bits per heavy atom. The smallest absolute Gasteiger partial charge is 0.266 e. The van der Waals surface area contributed by atoms with Gasteiger partial charge in [-0.15, -0.1) is 0 Å². The topological polar surface area (TPSA) is 37.6 Å². The molecule has 0 N–H and O–H groups in total. The van der Waals surface area contributed by atoms with E-state index in [4.69, 9.17) is 11.6 Å². The van der Waals surface area contributed by atoms with Crippen molar-refractivity contribution in [3.63, 3.8) is 0 Å². The Balaban J connectivity index is 1.75. The number of fused-ring (bicyclic) bond motifs is 1. The van der Waals surface area contributed by atoms with Crippen molar-refractivity contribution in [1.29, 1.82) is 0 Å². The SMILES string of the molecule is CN=C1S/C(=C\c2cn(Cc3ccc(Cl)cc3)c3ccccc23)C(=O)N1C. The number of likely N-dealkylation sites (N-methyl/N-ethyl adjacent to an activating group) is 1. The van der Waals surface area contributed by atoms with Crippen molar-refractivity contribution in [2.24, 2.45) is 4.99 Å². The van der Waals surface area contributed by atoms with E-state index in [0.717, 1.165) is 33.2 Å². The van der Waals surface area contributed by atoms with Crippen LogP contribution in [0.4, 0.5) is 0 Å². The summed E-state index contributed by atoms with van der Waals surface area (Å²) in [6.07, 6.45) is 4.06. The standard InChI is InChI=1S/C21H18ClN3OS/c1-23-21-24(2)20(26)19(27-21)11-15-13-25(18-6-4-3-5-17(15)18)12-14-7-9-16(22)10-8-14/h3-11,13H,12H2,1-2H3/b19-11-,23-21?. The zero-order valence-corrected chi connectivity index (χ0v) is 16.6. The molecule has 27 heavy (non-hydrogen) atoms. The van der Waals surface area contributed by atoms with Crippen molar-refractivity contribution in [1.82, 2.24) is 9.47 Å². The maximum Gasteiger partial charge on any atom is 0.266 e. The average Bonchev–Trinajstić information content (AvgIpc) is 3.16. The lowest BCUT2D eigenvalue weighted by atomic mass is 10.1. The first-order valence-corrected chi connectivity index (χ1v) is 9.73. The van der Waals surface area contributed by atoms with Crippen molar-refractivity contribution >= 4 is 51.4 Å². The summed E-state index contributed by atoms with van der Waals surface area (Å²) >= 11 is 7.40. The Hall–Kier alpha value is -2.50. The largest absolute Gasteiger partial charge is 0.342 e. The van der Waals surface area contributed by atoms with Crippen LogP contribution in [0, 0.1) is 0 Å². The quantitative estimate of drug-likeness (QED) is 0.593. The van der Waals surface area contributed by atoms with Gasteiger partial charge in [0.2, 0.25) is 0 Å². The minimum atomic E-state index is -0.0184. The van der Waals surface area contributed by atoms with Crippen LogP contribution in [0.2, 0.25) is 5.02 Å². The number of nitrogens with zero attached hydrogens (tertiary/aromatic N) is 3. The summed E-state index contributed by atoms with van der Waals surface area (Å²) in [6.45, 7) is 0.740. The molecule has 2 aromatic carbocycles. The fraction of sp³-hybridized carbons (Fsp3) is 0.143. The third kappa shape index (κ3) is 3.40. The zero-order chi connectivity index (χ0) is 19.0. The molecule has 0 radical (unpaired) electrons. The van der Waals surface area contributed by atoms with Gasteiger partial charge in [-0.25, -0.2) is 0 Å². The average molecular weight is 396 g/mol. The second-order valence-electron chi connectivity index (χ2n) is 6.34. The summed E-state index contributed by atoms with van der Waals surface area (Å²) in [5, 5.41) is 2.57. The maximum atomic E-state index is 12.5. The molecule has 1 amide bonds. The predicted octanol–water partition coefficient (Wildman–Crippen LogP) is 4.87. The van der Waals surface area contributed by atoms with E-state index in [1.54, 1.807) is 19.0 Å². The van der Waals surface area contributed by atoms with Crippen LogP contribution in [0.3, 0.4) is 0 Å². The lowest BCUT2D eigenvalue weighted by Crippen LogP contribution is -2.23. The van der Waals surface area contributed by atoms with E-state index in [0.29, 0.717) is 4.91 Å². The predicted molar refractivity (Wildman–Crippen MR) is 114 cm³/mol. The number of halogens is 1. The molecule has 6 heteroatoms. The number of carbonyl (C=O) groups excluding carboxylic acids is 1. The molecule has 2 heterocycles. The van der Waals surface area contributed by atoms with Crippen molar-refractivity contribution in [2.75, 3.05) is 14.1 Å². The summed E-state index contributed by atoms with van der Waals surface area (Å²) in [7, 11) is 3.45. The molecule has 0 saturated carbocycles. The van der Waals surface area contributed by atoms with E-state index in [1.807, 2.05) is 42.5 Å². The normalized spacial score (nSPS) is 17.6. The lowest BCUT2D eigenvalue weighted by Gasteiger charge is -2.05. The number of benzene rings is 2. The van der Waals surface area contributed by atoms with E-state index >= 15 is 0 Å². The maximum absolute atomic E-state index is 12.5. The molecular weight excluding hydrogens is 378 g/mol. The van der Waals surface area contributed by atoms with Gasteiger partial charge in [-0.1, -0.05) is 41.9 Å². The monoisotopic (exact) mass is 395 g/mol. The Bertz CT molecular complexity index is 1080. The number of carbonyl (C=O) groups is 1. The second kappa shape index (κ2) is 7.25. The third-order valence-electron chi connectivity index (χ3n) is 4.57. The molecule has 0 unspecified atom stereocenters. The third-order valence-corrected chi connectivity index (χ3v) is 5.97. The summed E-state index contributed by atoms with van der Waals surface area (Å²) in [5.41, 5.74) is 3.33. The van der Waals surface area contributed by atoms with Crippen LogP contribution >= 0.6 is 23.4 Å². The number of aliphatic imine (C=N–C) groups is 1. The summed E-state index contributed by atoms with van der Waals surface area (Å²) in [6, 6.07) is 16.1. The lowest BCUT2D eigenvalue weighted by molar-refractivity contribution is -0.121. The van der Waals surface area contributed by atoms with Crippen molar-refractivity contribution < 1.29 is 4.79 Å². The molecule has 4 rings (SSSR count). The van der Waals surface area contributed by atoms with Crippen LogP contribution in [0.15, 0.2) is 64.6 Å². The van der Waals surface area contributed by atoms with Gasteiger partial charge >= 0.3 is 0 Å². The number of hydrogen-bond donors (Lipinski definition) is 0. The van der Waals surface area contributed by atoms with Gasteiger partial charge in [0.05, 0.1) is 4.91 Å². The first-order valence-electron chi connectivity index (χ1n) is 8.53. The van der Waals surface area contributed by atoms with E-state index in [2.05, 4.69) is 27.9 Å². The Kier molecular flexibility index (Phi) is 4.81. The van der Waals surface area contributed by atoms with E-state index in [-0.39, 0.29) is 5.91 Å². The first kappa shape index (κ1) is 17.9. The number of amides is 1. The van der Waals surface area contributed by atoms with Gasteiger partial charge < -0.3 is 4.57 Å². The molecule has 1 fully saturated rings. The van der Waals surface area contributed by atoms with Crippen molar-refractivity contribution in [3.05, 3.63) is 75.8 Å². The number of amidine groups is 1. The van der Waals surface area contributed by atoms with E-state index in [1.165, 1.54) is 17.3 Å². The molecule has 1 aliphatic rings. The minimum absolute atomic E-state index is 0.0184. The van der Waals surface area contributed by atoms with Gasteiger partial charge in [-0.3, -0.25) is 14.7 Å². The van der Waals surface area contributed by atoms with Gasteiger partial charge in [0, 0.05) is 48.3 Å². The van der Waals surface area contributed by atoms with Crippen LogP contribution < -0.4 is 0 Å². The number of thioether (sulfide) groups is 1. The molecule has 0 aliphatic carbocycles. The number of hydrogen-bond acceptors (Lipinski definition) is 3. The Labute approximate surface area is 167 Å². The van der Waals surface area contributed by atoms with Crippen molar-refractivity contribution in [2.45, 2.75) is 6.54 Å². The Morgan fingerprint density at radius 3 is 2.59 bits per heavy atom. The van der Waals surface area contributed by atoms with Crippen LogP contribution in [0.25, 0.3) is 17.0 Å². The summed E-state index contributed by atoms with van der Waals surface area (Å²) in [5.74, 6) is -0.0184. The van der Waals surface area contributed by atoms with Gasteiger partial charge in [0.15, 0.2) is 5.17 Å². The van der Waals surface area contributed by atoms with Crippen LogP contribution in [0.5, 0.6) is 0 Å².